The number of benzene rings is 1. The Labute approximate surface area is 123 Å². The Morgan fingerprint density at radius 3 is 2.95 bits per heavy atom. The van der Waals surface area contributed by atoms with Gasteiger partial charge in [0.15, 0.2) is 0 Å². The topological polar surface area (TPSA) is 60.2 Å². The smallest absolute Gasteiger partial charge is 0.266 e. The summed E-state index contributed by atoms with van der Waals surface area (Å²) in [5, 5.41) is 6.64. The third-order valence-corrected chi connectivity index (χ3v) is 4.58. The van der Waals surface area contributed by atoms with Crippen molar-refractivity contribution >= 4 is 38.1 Å². The Kier molecular flexibility index (Phi) is 2.56. The molecule has 0 bridgehead atoms. The molecule has 0 aliphatic carbocycles. The Hall–Kier alpha value is -2.34. The maximum atomic E-state index is 12.6. The van der Waals surface area contributed by atoms with Crippen LogP contribution in [0, 0.1) is 6.92 Å². The third kappa shape index (κ3) is 1.76. The average Bonchev–Trinajstić information content (AvgIpc) is 2.91. The van der Waals surface area contributed by atoms with Crippen LogP contribution in [-0.4, -0.2) is 19.6 Å². The quantitative estimate of drug-likeness (QED) is 0.507. The van der Waals surface area contributed by atoms with E-state index in [0.717, 1.165) is 27.9 Å². The van der Waals surface area contributed by atoms with Gasteiger partial charge in [-0.25, -0.2) is 4.98 Å². The van der Waals surface area contributed by atoms with Gasteiger partial charge in [-0.1, -0.05) is 29.9 Å². The Balaban J connectivity index is 2.25. The van der Waals surface area contributed by atoms with E-state index in [9.17, 15) is 4.79 Å². The van der Waals surface area contributed by atoms with Gasteiger partial charge in [0, 0.05) is 11.6 Å². The van der Waals surface area contributed by atoms with Crippen LogP contribution in [0.15, 0.2) is 29.2 Å². The van der Waals surface area contributed by atoms with E-state index in [1.54, 1.807) is 6.20 Å². The van der Waals surface area contributed by atoms with Crippen LogP contribution in [0.2, 0.25) is 0 Å². The Bertz CT molecular complexity index is 1060. The van der Waals surface area contributed by atoms with Crippen molar-refractivity contribution in [2.45, 2.75) is 20.3 Å². The van der Waals surface area contributed by atoms with Gasteiger partial charge in [0.25, 0.3) is 5.56 Å². The summed E-state index contributed by atoms with van der Waals surface area (Å²) in [6.45, 7) is 4.04. The summed E-state index contributed by atoms with van der Waals surface area (Å²) in [7, 11) is 0. The number of aromatic nitrogens is 4. The second-order valence-electron chi connectivity index (χ2n) is 5.00. The molecule has 3 heterocycles. The zero-order valence-electron chi connectivity index (χ0n) is 11.6. The summed E-state index contributed by atoms with van der Waals surface area (Å²) in [5.74, 6) is 0. The first-order chi connectivity index (χ1) is 10.2. The molecule has 0 saturated carbocycles. The van der Waals surface area contributed by atoms with Crippen LogP contribution in [0.25, 0.3) is 26.8 Å². The molecule has 21 heavy (non-hydrogen) atoms. The van der Waals surface area contributed by atoms with E-state index in [1.165, 1.54) is 15.9 Å². The van der Waals surface area contributed by atoms with Crippen LogP contribution in [0.3, 0.4) is 0 Å². The van der Waals surface area contributed by atoms with Gasteiger partial charge in [-0.15, -0.1) is 0 Å². The van der Waals surface area contributed by atoms with E-state index in [1.807, 2.05) is 32.0 Å². The van der Waals surface area contributed by atoms with Gasteiger partial charge in [-0.3, -0.25) is 9.78 Å². The minimum atomic E-state index is -0.151. The first-order valence-corrected chi connectivity index (χ1v) is 7.57. The molecule has 4 rings (SSSR count). The molecule has 1 aromatic carbocycles. The highest BCUT2D eigenvalue weighted by Crippen LogP contribution is 2.23. The first-order valence-electron chi connectivity index (χ1n) is 6.75. The fourth-order valence-corrected chi connectivity index (χ4v) is 3.27. The molecular formula is C15H12N4OS. The summed E-state index contributed by atoms with van der Waals surface area (Å²) < 4.78 is 1.38. The van der Waals surface area contributed by atoms with Gasteiger partial charge in [0.05, 0.1) is 16.4 Å². The first kappa shape index (κ1) is 12.4. The van der Waals surface area contributed by atoms with Gasteiger partial charge in [-0.05, 0) is 25.5 Å². The predicted octanol–water partition coefficient (Wildman–Crippen LogP) is 2.72. The molecule has 0 spiro atoms. The van der Waals surface area contributed by atoms with Crippen molar-refractivity contribution in [3.05, 3.63) is 45.3 Å². The van der Waals surface area contributed by atoms with Gasteiger partial charge in [0.1, 0.15) is 5.01 Å². The molecule has 0 aliphatic heterocycles. The Morgan fingerprint density at radius 2 is 2.14 bits per heavy atom. The van der Waals surface area contributed by atoms with E-state index in [-0.39, 0.29) is 5.56 Å². The number of fused-ring (bicyclic) bond motifs is 4. The number of hydrogen-bond donors (Lipinski definition) is 0. The molecule has 5 nitrogen and oxygen atoms in total. The summed E-state index contributed by atoms with van der Waals surface area (Å²) in [6.07, 6.45) is 2.39. The average molecular weight is 296 g/mol. The molecule has 0 atom stereocenters. The lowest BCUT2D eigenvalue weighted by atomic mass is 10.1. The van der Waals surface area contributed by atoms with Crippen LogP contribution < -0.4 is 5.56 Å². The highest BCUT2D eigenvalue weighted by Gasteiger charge is 2.13. The molecule has 0 saturated heterocycles. The summed E-state index contributed by atoms with van der Waals surface area (Å²) >= 11 is 1.46. The SMILES string of the molecule is CCc1nn2c(=O)c3cnc4ccc(C)cc4c3nc2s1. The molecule has 0 N–H and O–H groups in total. The van der Waals surface area contributed by atoms with E-state index in [2.05, 4.69) is 15.1 Å². The van der Waals surface area contributed by atoms with Crippen molar-refractivity contribution in [2.75, 3.05) is 0 Å². The highest BCUT2D eigenvalue weighted by atomic mass is 32.1. The second-order valence-corrected chi connectivity index (χ2v) is 6.04. The molecule has 104 valence electrons. The third-order valence-electron chi connectivity index (χ3n) is 3.53. The normalized spacial score (nSPS) is 11.7. The molecule has 0 fully saturated rings. The fourth-order valence-electron chi connectivity index (χ4n) is 2.45. The summed E-state index contributed by atoms with van der Waals surface area (Å²) in [6, 6.07) is 5.99. The van der Waals surface area contributed by atoms with Crippen LogP contribution in [0.4, 0.5) is 0 Å². The fraction of sp³-hybridized carbons (Fsp3) is 0.200. The molecule has 4 aromatic rings. The lowest BCUT2D eigenvalue weighted by Crippen LogP contribution is -2.15. The van der Waals surface area contributed by atoms with Gasteiger partial charge in [0.2, 0.25) is 4.96 Å². The predicted molar refractivity (Wildman–Crippen MR) is 84.1 cm³/mol. The van der Waals surface area contributed by atoms with Gasteiger partial charge >= 0.3 is 0 Å². The monoisotopic (exact) mass is 296 g/mol. The zero-order chi connectivity index (χ0) is 14.6. The molecule has 0 unspecified atom stereocenters. The standard InChI is InChI=1S/C15H12N4OS/c1-3-12-18-19-14(20)10-7-16-11-5-4-8(2)6-9(11)13(10)17-15(19)21-12/h4-7H,3H2,1-2H3. The maximum absolute atomic E-state index is 12.6. The highest BCUT2D eigenvalue weighted by molar-refractivity contribution is 7.16. The molecule has 0 aliphatic rings. The van der Waals surface area contributed by atoms with Crippen molar-refractivity contribution in [1.29, 1.82) is 0 Å². The van der Waals surface area contributed by atoms with E-state index >= 15 is 0 Å². The zero-order valence-corrected chi connectivity index (χ0v) is 12.4. The van der Waals surface area contributed by atoms with Crippen molar-refractivity contribution in [3.63, 3.8) is 0 Å². The molecule has 6 heteroatoms. The van der Waals surface area contributed by atoms with Crippen molar-refractivity contribution < 1.29 is 0 Å². The molecular weight excluding hydrogens is 284 g/mol. The van der Waals surface area contributed by atoms with Crippen molar-refractivity contribution in [1.82, 2.24) is 19.6 Å². The van der Waals surface area contributed by atoms with Crippen LogP contribution in [-0.2, 0) is 6.42 Å². The minimum absolute atomic E-state index is 0.151. The van der Waals surface area contributed by atoms with E-state index in [4.69, 9.17) is 0 Å². The van der Waals surface area contributed by atoms with E-state index < -0.39 is 0 Å². The van der Waals surface area contributed by atoms with Gasteiger partial charge < -0.3 is 0 Å². The number of pyridine rings is 1. The number of rotatable bonds is 1. The molecule has 0 amide bonds. The van der Waals surface area contributed by atoms with Crippen LogP contribution in [0.1, 0.15) is 17.5 Å². The van der Waals surface area contributed by atoms with Crippen molar-refractivity contribution in [3.8, 4) is 0 Å². The van der Waals surface area contributed by atoms with Gasteiger partial charge in [-0.2, -0.15) is 9.61 Å². The number of aryl methyl sites for hydroxylation is 2. The number of nitrogens with zero attached hydrogens (tertiary/aromatic N) is 4. The molecule has 0 radical (unpaired) electrons. The largest absolute Gasteiger partial charge is 0.284 e. The summed E-state index contributed by atoms with van der Waals surface area (Å²) in [5.41, 5.74) is 2.53. The maximum Gasteiger partial charge on any atom is 0.284 e. The summed E-state index contributed by atoms with van der Waals surface area (Å²) in [4.78, 5) is 22.2. The lowest BCUT2D eigenvalue weighted by molar-refractivity contribution is 0.870. The minimum Gasteiger partial charge on any atom is -0.266 e. The second kappa shape index (κ2) is 4.33. The lowest BCUT2D eigenvalue weighted by Gasteiger charge is -2.03. The molecule has 3 aromatic heterocycles. The van der Waals surface area contributed by atoms with Crippen LogP contribution in [0.5, 0.6) is 0 Å². The van der Waals surface area contributed by atoms with Crippen LogP contribution >= 0.6 is 11.3 Å². The number of hydrogen-bond acceptors (Lipinski definition) is 5. The van der Waals surface area contributed by atoms with E-state index in [0.29, 0.717) is 15.9 Å². The Morgan fingerprint density at radius 1 is 1.29 bits per heavy atom. The van der Waals surface area contributed by atoms with Crippen molar-refractivity contribution in [2.24, 2.45) is 0 Å².